The van der Waals surface area contributed by atoms with E-state index in [1.54, 1.807) is 0 Å². The van der Waals surface area contributed by atoms with Crippen LogP contribution in [0.25, 0.3) is 0 Å². The Morgan fingerprint density at radius 1 is 1.33 bits per heavy atom. The van der Waals surface area contributed by atoms with Crippen molar-refractivity contribution in [2.45, 2.75) is 32.2 Å². The summed E-state index contributed by atoms with van der Waals surface area (Å²) in [5.41, 5.74) is 0.460. The highest BCUT2D eigenvalue weighted by molar-refractivity contribution is 4.89. The standard InChI is InChI=1S/C10H22N2/c1-5-12(4)10(2)6-8-11(3)9-7-10/h5-9H2,1-4H3. The largest absolute Gasteiger partial charge is 0.306 e. The fraction of sp³-hybridized carbons (Fsp3) is 1.00. The summed E-state index contributed by atoms with van der Waals surface area (Å²) in [6.07, 6.45) is 2.63. The molecule has 0 aromatic rings. The topological polar surface area (TPSA) is 6.48 Å². The summed E-state index contributed by atoms with van der Waals surface area (Å²) in [6, 6.07) is 0. The van der Waals surface area contributed by atoms with Crippen molar-refractivity contribution < 1.29 is 0 Å². The number of nitrogens with zero attached hydrogens (tertiary/aromatic N) is 2. The van der Waals surface area contributed by atoms with Crippen molar-refractivity contribution >= 4 is 0 Å². The van der Waals surface area contributed by atoms with Crippen LogP contribution in [0.4, 0.5) is 0 Å². The molecule has 1 fully saturated rings. The number of hydrogen-bond donors (Lipinski definition) is 0. The molecule has 0 spiro atoms. The molecule has 0 aliphatic carbocycles. The van der Waals surface area contributed by atoms with E-state index in [-0.39, 0.29) is 0 Å². The molecule has 1 heterocycles. The van der Waals surface area contributed by atoms with Crippen molar-refractivity contribution in [3.63, 3.8) is 0 Å². The highest BCUT2D eigenvalue weighted by Gasteiger charge is 2.31. The summed E-state index contributed by atoms with van der Waals surface area (Å²) in [7, 11) is 4.46. The summed E-state index contributed by atoms with van der Waals surface area (Å²) < 4.78 is 0. The van der Waals surface area contributed by atoms with Gasteiger partial charge in [0, 0.05) is 5.54 Å². The second kappa shape index (κ2) is 3.75. The summed E-state index contributed by atoms with van der Waals surface area (Å²) in [5.74, 6) is 0. The lowest BCUT2D eigenvalue weighted by molar-refractivity contribution is 0.0668. The van der Waals surface area contributed by atoms with Gasteiger partial charge in [-0.3, -0.25) is 0 Å². The fourth-order valence-electron chi connectivity index (χ4n) is 1.86. The van der Waals surface area contributed by atoms with E-state index in [4.69, 9.17) is 0 Å². The van der Waals surface area contributed by atoms with E-state index in [2.05, 4.69) is 37.7 Å². The van der Waals surface area contributed by atoms with E-state index in [0.717, 1.165) is 0 Å². The molecule has 72 valence electrons. The molecule has 0 N–H and O–H groups in total. The number of likely N-dealkylation sites (tertiary alicyclic amines) is 1. The molecule has 0 aromatic heterocycles. The monoisotopic (exact) mass is 170 g/mol. The van der Waals surface area contributed by atoms with Gasteiger partial charge in [-0.2, -0.15) is 0 Å². The predicted molar refractivity (Wildman–Crippen MR) is 53.4 cm³/mol. The van der Waals surface area contributed by atoms with Gasteiger partial charge >= 0.3 is 0 Å². The highest BCUT2D eigenvalue weighted by atomic mass is 15.2. The van der Waals surface area contributed by atoms with Gasteiger partial charge in [0.05, 0.1) is 0 Å². The zero-order valence-corrected chi connectivity index (χ0v) is 8.93. The van der Waals surface area contributed by atoms with Crippen LogP contribution in [0, 0.1) is 0 Å². The summed E-state index contributed by atoms with van der Waals surface area (Å²) in [5, 5.41) is 0. The number of piperidine rings is 1. The Balaban J connectivity index is 2.49. The second-order valence-corrected chi connectivity index (χ2v) is 4.31. The Kier molecular flexibility index (Phi) is 3.13. The lowest BCUT2D eigenvalue weighted by Crippen LogP contribution is -2.51. The molecule has 1 aliphatic rings. The van der Waals surface area contributed by atoms with Crippen molar-refractivity contribution in [3.8, 4) is 0 Å². The van der Waals surface area contributed by atoms with Gasteiger partial charge in [0.15, 0.2) is 0 Å². The van der Waals surface area contributed by atoms with E-state index in [1.165, 1.54) is 32.5 Å². The van der Waals surface area contributed by atoms with Gasteiger partial charge in [-0.15, -0.1) is 0 Å². The van der Waals surface area contributed by atoms with E-state index in [0.29, 0.717) is 5.54 Å². The average Bonchev–Trinajstić information content (AvgIpc) is 2.09. The van der Waals surface area contributed by atoms with Gasteiger partial charge in [0.25, 0.3) is 0 Å². The third-order valence-electron chi connectivity index (χ3n) is 3.46. The van der Waals surface area contributed by atoms with E-state index in [9.17, 15) is 0 Å². The van der Waals surface area contributed by atoms with Gasteiger partial charge < -0.3 is 9.80 Å². The minimum absolute atomic E-state index is 0.460. The molecule has 0 amide bonds. The first-order chi connectivity index (χ1) is 5.58. The number of rotatable bonds is 2. The molecule has 0 bridgehead atoms. The third-order valence-corrected chi connectivity index (χ3v) is 3.46. The molecular formula is C10H22N2. The van der Waals surface area contributed by atoms with Crippen LogP contribution < -0.4 is 0 Å². The van der Waals surface area contributed by atoms with Gasteiger partial charge in [-0.05, 0) is 53.5 Å². The van der Waals surface area contributed by atoms with Crippen LogP contribution in [0.5, 0.6) is 0 Å². The lowest BCUT2D eigenvalue weighted by atomic mass is 9.88. The molecular weight excluding hydrogens is 148 g/mol. The zero-order valence-electron chi connectivity index (χ0n) is 8.93. The maximum Gasteiger partial charge on any atom is 0.0202 e. The van der Waals surface area contributed by atoms with Crippen LogP contribution in [0.15, 0.2) is 0 Å². The molecule has 0 atom stereocenters. The third kappa shape index (κ3) is 1.99. The predicted octanol–water partition coefficient (Wildman–Crippen LogP) is 1.42. The van der Waals surface area contributed by atoms with Crippen molar-refractivity contribution in [3.05, 3.63) is 0 Å². The molecule has 0 unspecified atom stereocenters. The maximum atomic E-state index is 2.49. The van der Waals surface area contributed by atoms with E-state index < -0.39 is 0 Å². The zero-order chi connectivity index (χ0) is 9.19. The quantitative estimate of drug-likeness (QED) is 0.618. The second-order valence-electron chi connectivity index (χ2n) is 4.31. The van der Waals surface area contributed by atoms with Crippen molar-refractivity contribution in [1.82, 2.24) is 9.80 Å². The SMILES string of the molecule is CCN(C)C1(C)CCN(C)CC1. The Labute approximate surface area is 76.5 Å². The minimum Gasteiger partial charge on any atom is -0.306 e. The van der Waals surface area contributed by atoms with Gasteiger partial charge in [0.2, 0.25) is 0 Å². The summed E-state index contributed by atoms with van der Waals surface area (Å²) >= 11 is 0. The van der Waals surface area contributed by atoms with Crippen LogP contribution in [0.3, 0.4) is 0 Å². The lowest BCUT2D eigenvalue weighted by Gasteiger charge is -2.44. The first kappa shape index (κ1) is 10.0. The smallest absolute Gasteiger partial charge is 0.0202 e. The molecule has 12 heavy (non-hydrogen) atoms. The van der Waals surface area contributed by atoms with Crippen LogP contribution in [0.2, 0.25) is 0 Å². The minimum atomic E-state index is 0.460. The molecule has 2 heteroatoms. The fourth-order valence-corrected chi connectivity index (χ4v) is 1.86. The van der Waals surface area contributed by atoms with Gasteiger partial charge in [-0.1, -0.05) is 6.92 Å². The van der Waals surface area contributed by atoms with E-state index >= 15 is 0 Å². The van der Waals surface area contributed by atoms with Gasteiger partial charge in [-0.25, -0.2) is 0 Å². The molecule has 0 aromatic carbocycles. The first-order valence-corrected chi connectivity index (χ1v) is 4.98. The summed E-state index contributed by atoms with van der Waals surface area (Å²) in [6.45, 7) is 8.30. The first-order valence-electron chi connectivity index (χ1n) is 4.98. The van der Waals surface area contributed by atoms with Crippen LogP contribution >= 0.6 is 0 Å². The normalized spacial score (nSPS) is 24.8. The van der Waals surface area contributed by atoms with Crippen molar-refractivity contribution in [2.75, 3.05) is 33.7 Å². The molecule has 0 saturated carbocycles. The molecule has 1 rings (SSSR count). The molecule has 2 nitrogen and oxygen atoms in total. The van der Waals surface area contributed by atoms with E-state index in [1.807, 2.05) is 0 Å². The molecule has 1 saturated heterocycles. The van der Waals surface area contributed by atoms with Crippen molar-refractivity contribution in [2.24, 2.45) is 0 Å². The Hall–Kier alpha value is -0.0800. The van der Waals surface area contributed by atoms with Crippen molar-refractivity contribution in [1.29, 1.82) is 0 Å². The number of hydrogen-bond acceptors (Lipinski definition) is 2. The Morgan fingerprint density at radius 3 is 2.25 bits per heavy atom. The molecule has 1 aliphatic heterocycles. The Morgan fingerprint density at radius 2 is 1.83 bits per heavy atom. The summed E-state index contributed by atoms with van der Waals surface area (Å²) in [4.78, 5) is 4.91. The molecule has 0 radical (unpaired) electrons. The maximum absolute atomic E-state index is 2.49. The average molecular weight is 170 g/mol. The van der Waals surface area contributed by atoms with Crippen LogP contribution in [0.1, 0.15) is 26.7 Å². The Bertz CT molecular complexity index is 137. The van der Waals surface area contributed by atoms with Crippen LogP contribution in [-0.2, 0) is 0 Å². The van der Waals surface area contributed by atoms with Crippen LogP contribution in [-0.4, -0.2) is 49.1 Å². The highest BCUT2D eigenvalue weighted by Crippen LogP contribution is 2.26. The van der Waals surface area contributed by atoms with Gasteiger partial charge in [0.1, 0.15) is 0 Å².